The smallest absolute Gasteiger partial charge is 0.241 e. The molecule has 0 aliphatic rings. The highest BCUT2D eigenvalue weighted by molar-refractivity contribution is 5.37. The summed E-state index contributed by atoms with van der Waals surface area (Å²) in [4.78, 5) is 17.2. The molecule has 0 aliphatic heterocycles. The van der Waals surface area contributed by atoms with Gasteiger partial charge in [-0.2, -0.15) is 15.0 Å². The Morgan fingerprint density at radius 2 is 1.75 bits per heavy atom. The Kier molecular flexibility index (Phi) is 5.28. The maximum absolute atomic E-state index is 4.41. The van der Waals surface area contributed by atoms with Crippen LogP contribution in [0.1, 0.15) is 33.1 Å². The van der Waals surface area contributed by atoms with E-state index in [1.54, 1.807) is 17.1 Å². The van der Waals surface area contributed by atoms with E-state index in [0.717, 1.165) is 32.4 Å². The van der Waals surface area contributed by atoms with Gasteiger partial charge in [-0.3, -0.25) is 4.57 Å². The van der Waals surface area contributed by atoms with E-state index in [-0.39, 0.29) is 0 Å². The van der Waals surface area contributed by atoms with Gasteiger partial charge < -0.3 is 10.6 Å². The fourth-order valence-corrected chi connectivity index (χ4v) is 1.63. The van der Waals surface area contributed by atoms with Crippen LogP contribution in [0, 0.1) is 0 Å². The second-order valence-electron chi connectivity index (χ2n) is 4.46. The topological polar surface area (TPSA) is 80.5 Å². The first-order chi connectivity index (χ1) is 9.83. The number of imidazole rings is 1. The Hall–Kier alpha value is -2.18. The maximum atomic E-state index is 4.41. The summed E-state index contributed by atoms with van der Waals surface area (Å²) in [6, 6.07) is 0. The number of hydrogen-bond acceptors (Lipinski definition) is 6. The minimum absolute atomic E-state index is 0.565. The third kappa shape index (κ3) is 3.91. The molecule has 0 atom stereocenters. The number of aromatic nitrogens is 5. The van der Waals surface area contributed by atoms with E-state index in [0.29, 0.717) is 17.8 Å². The molecule has 0 saturated carbocycles. The Labute approximate surface area is 118 Å². The molecule has 0 aliphatic carbocycles. The molecule has 2 aromatic heterocycles. The zero-order valence-corrected chi connectivity index (χ0v) is 12.0. The van der Waals surface area contributed by atoms with Crippen LogP contribution in [0.25, 0.3) is 5.95 Å². The second kappa shape index (κ2) is 7.42. The molecule has 2 N–H and O–H groups in total. The predicted octanol–water partition coefficient (Wildman–Crippen LogP) is 2.09. The second-order valence-corrected chi connectivity index (χ2v) is 4.46. The van der Waals surface area contributed by atoms with Crippen LogP contribution in [-0.4, -0.2) is 37.6 Å². The molecular weight excluding hydrogens is 254 g/mol. The van der Waals surface area contributed by atoms with Gasteiger partial charge >= 0.3 is 0 Å². The van der Waals surface area contributed by atoms with E-state index in [1.807, 2.05) is 6.20 Å². The third-order valence-corrected chi connectivity index (χ3v) is 2.71. The lowest BCUT2D eigenvalue weighted by Gasteiger charge is -2.09. The van der Waals surface area contributed by atoms with Gasteiger partial charge in [0.05, 0.1) is 0 Å². The first-order valence-corrected chi connectivity index (χ1v) is 7.05. The molecule has 0 bridgehead atoms. The average Bonchev–Trinajstić information content (AvgIpc) is 2.99. The summed E-state index contributed by atoms with van der Waals surface area (Å²) < 4.78 is 1.77. The number of nitrogens with zero attached hydrogens (tertiary/aromatic N) is 5. The summed E-state index contributed by atoms with van der Waals surface area (Å²) in [5.41, 5.74) is 0. The van der Waals surface area contributed by atoms with Crippen molar-refractivity contribution in [2.45, 2.75) is 33.1 Å². The van der Waals surface area contributed by atoms with Crippen molar-refractivity contribution in [2.75, 3.05) is 23.7 Å². The van der Waals surface area contributed by atoms with Gasteiger partial charge in [0.1, 0.15) is 6.33 Å². The quantitative estimate of drug-likeness (QED) is 0.718. The molecule has 7 nitrogen and oxygen atoms in total. The molecule has 2 rings (SSSR count). The van der Waals surface area contributed by atoms with Gasteiger partial charge in [0, 0.05) is 25.5 Å². The summed E-state index contributed by atoms with van der Waals surface area (Å²) >= 11 is 0. The van der Waals surface area contributed by atoms with Crippen molar-refractivity contribution in [1.29, 1.82) is 0 Å². The number of nitrogens with one attached hydrogen (secondary N) is 2. The van der Waals surface area contributed by atoms with Crippen LogP contribution in [0.4, 0.5) is 11.9 Å². The lowest BCUT2D eigenvalue weighted by Crippen LogP contribution is -2.13. The first-order valence-electron chi connectivity index (χ1n) is 7.05. The molecule has 0 spiro atoms. The minimum atomic E-state index is 0.565. The molecule has 0 fully saturated rings. The Bertz CT molecular complexity index is 509. The molecule has 20 heavy (non-hydrogen) atoms. The molecule has 0 unspecified atom stereocenters. The fraction of sp³-hybridized carbons (Fsp3) is 0.538. The normalized spacial score (nSPS) is 10.5. The van der Waals surface area contributed by atoms with Gasteiger partial charge in [0.2, 0.25) is 17.8 Å². The van der Waals surface area contributed by atoms with Crippen LogP contribution in [0.3, 0.4) is 0 Å². The molecule has 0 amide bonds. The molecule has 0 aromatic carbocycles. The summed E-state index contributed by atoms with van der Waals surface area (Å²) in [7, 11) is 0. The lowest BCUT2D eigenvalue weighted by molar-refractivity contribution is 0.816. The van der Waals surface area contributed by atoms with E-state index < -0.39 is 0 Å². The maximum Gasteiger partial charge on any atom is 0.241 e. The van der Waals surface area contributed by atoms with Gasteiger partial charge in [-0.25, -0.2) is 4.98 Å². The fourth-order valence-electron chi connectivity index (χ4n) is 1.63. The minimum Gasteiger partial charge on any atom is -0.354 e. The third-order valence-electron chi connectivity index (χ3n) is 2.71. The summed E-state index contributed by atoms with van der Waals surface area (Å²) in [6.45, 7) is 5.95. The standard InChI is InChI=1S/C13H21N7/c1-3-5-7-16-12-17-11(15-6-4-2)18-13(19-12)20-9-8-14-10-20/h8-10H,3-7H2,1-2H3,(H2,15,16,17,18,19). The zero-order valence-electron chi connectivity index (χ0n) is 12.0. The zero-order chi connectivity index (χ0) is 14.2. The van der Waals surface area contributed by atoms with Crippen LogP contribution in [0.2, 0.25) is 0 Å². The SMILES string of the molecule is CCCCNc1nc(NCCC)nc(-n2ccnc2)n1. The Morgan fingerprint density at radius 1 is 1.00 bits per heavy atom. The number of rotatable bonds is 8. The Morgan fingerprint density at radius 3 is 2.35 bits per heavy atom. The molecular formula is C13H21N7. The van der Waals surface area contributed by atoms with E-state index in [4.69, 9.17) is 0 Å². The highest BCUT2D eigenvalue weighted by atomic mass is 15.3. The molecule has 0 radical (unpaired) electrons. The van der Waals surface area contributed by atoms with Gasteiger partial charge in [0.15, 0.2) is 0 Å². The summed E-state index contributed by atoms with van der Waals surface area (Å²) in [5.74, 6) is 1.75. The first kappa shape index (κ1) is 14.2. The van der Waals surface area contributed by atoms with Crippen molar-refractivity contribution in [2.24, 2.45) is 0 Å². The van der Waals surface area contributed by atoms with Crippen LogP contribution in [0.15, 0.2) is 18.7 Å². The monoisotopic (exact) mass is 275 g/mol. The van der Waals surface area contributed by atoms with Crippen LogP contribution in [-0.2, 0) is 0 Å². The van der Waals surface area contributed by atoms with Crippen molar-refractivity contribution in [3.8, 4) is 5.95 Å². The number of anilines is 2. The highest BCUT2D eigenvalue weighted by Crippen LogP contribution is 2.09. The highest BCUT2D eigenvalue weighted by Gasteiger charge is 2.07. The van der Waals surface area contributed by atoms with Gasteiger partial charge in [0.25, 0.3) is 0 Å². The predicted molar refractivity (Wildman–Crippen MR) is 79.1 cm³/mol. The van der Waals surface area contributed by atoms with Crippen LogP contribution < -0.4 is 10.6 Å². The van der Waals surface area contributed by atoms with E-state index in [9.17, 15) is 0 Å². The molecule has 2 aromatic rings. The van der Waals surface area contributed by atoms with Crippen LogP contribution in [0.5, 0.6) is 0 Å². The average molecular weight is 275 g/mol. The molecule has 108 valence electrons. The van der Waals surface area contributed by atoms with Crippen molar-refractivity contribution in [1.82, 2.24) is 24.5 Å². The van der Waals surface area contributed by atoms with Crippen molar-refractivity contribution in [3.05, 3.63) is 18.7 Å². The van der Waals surface area contributed by atoms with Gasteiger partial charge in [-0.05, 0) is 12.8 Å². The lowest BCUT2D eigenvalue weighted by atomic mass is 10.3. The van der Waals surface area contributed by atoms with Gasteiger partial charge in [-0.15, -0.1) is 0 Å². The molecule has 2 heterocycles. The van der Waals surface area contributed by atoms with Gasteiger partial charge in [-0.1, -0.05) is 20.3 Å². The van der Waals surface area contributed by atoms with Crippen molar-refractivity contribution in [3.63, 3.8) is 0 Å². The van der Waals surface area contributed by atoms with E-state index >= 15 is 0 Å². The largest absolute Gasteiger partial charge is 0.354 e. The summed E-state index contributed by atoms with van der Waals surface area (Å²) in [6.07, 6.45) is 8.43. The van der Waals surface area contributed by atoms with Crippen molar-refractivity contribution < 1.29 is 0 Å². The van der Waals surface area contributed by atoms with E-state index in [2.05, 4.69) is 44.4 Å². The van der Waals surface area contributed by atoms with E-state index in [1.165, 1.54) is 0 Å². The molecule has 0 saturated heterocycles. The van der Waals surface area contributed by atoms with Crippen molar-refractivity contribution >= 4 is 11.9 Å². The summed E-state index contributed by atoms with van der Waals surface area (Å²) in [5, 5.41) is 6.42. The Balaban J connectivity index is 2.19. The van der Waals surface area contributed by atoms with Crippen LogP contribution >= 0.6 is 0 Å². The number of unbranched alkanes of at least 4 members (excludes halogenated alkanes) is 1. The molecule has 7 heteroatoms. The number of hydrogen-bond donors (Lipinski definition) is 2.